The minimum atomic E-state index is 0.830. The second kappa shape index (κ2) is 4.51. The summed E-state index contributed by atoms with van der Waals surface area (Å²) in [6.45, 7) is 3.02. The van der Waals surface area contributed by atoms with Crippen molar-refractivity contribution >= 4 is 5.69 Å². The molecule has 0 saturated heterocycles. The lowest BCUT2D eigenvalue weighted by atomic mass is 10.2. The number of ether oxygens (including phenoxy) is 1. The highest BCUT2D eigenvalue weighted by atomic mass is 16.5. The van der Waals surface area contributed by atoms with Crippen LogP contribution in [0.5, 0.6) is 5.75 Å². The van der Waals surface area contributed by atoms with Gasteiger partial charge in [0.2, 0.25) is 0 Å². The van der Waals surface area contributed by atoms with Gasteiger partial charge in [0.1, 0.15) is 0 Å². The van der Waals surface area contributed by atoms with Crippen LogP contribution in [0.4, 0.5) is 5.69 Å². The third kappa shape index (κ3) is 2.85. The molecule has 0 aromatic carbocycles. The number of aryl methyl sites for hydroxylation is 1. The van der Waals surface area contributed by atoms with E-state index in [2.05, 4.69) is 10.3 Å². The van der Waals surface area contributed by atoms with E-state index in [-0.39, 0.29) is 0 Å². The molecule has 0 amide bonds. The summed E-state index contributed by atoms with van der Waals surface area (Å²) in [6.07, 6.45) is 5.86. The van der Waals surface area contributed by atoms with Crippen molar-refractivity contribution in [3.63, 3.8) is 0 Å². The van der Waals surface area contributed by atoms with Gasteiger partial charge in [0, 0.05) is 12.2 Å². The van der Waals surface area contributed by atoms with E-state index >= 15 is 0 Å². The Kier molecular flexibility index (Phi) is 3.09. The average Bonchev–Trinajstić information content (AvgIpc) is 3.02. The van der Waals surface area contributed by atoms with Crippen molar-refractivity contribution in [3.05, 3.63) is 18.0 Å². The summed E-state index contributed by atoms with van der Waals surface area (Å²) in [5.74, 6) is 1.79. The van der Waals surface area contributed by atoms with Crippen molar-refractivity contribution in [2.75, 3.05) is 19.0 Å². The predicted octanol–water partition coefficient (Wildman–Crippen LogP) is 2.61. The molecule has 1 heterocycles. The SMILES string of the molecule is COc1cnc(C)cc1NCCC1CC1. The van der Waals surface area contributed by atoms with Gasteiger partial charge in [0.25, 0.3) is 0 Å². The van der Waals surface area contributed by atoms with Crippen LogP contribution in [0.25, 0.3) is 0 Å². The van der Waals surface area contributed by atoms with E-state index in [1.165, 1.54) is 19.3 Å². The number of aromatic nitrogens is 1. The van der Waals surface area contributed by atoms with Crippen molar-refractivity contribution in [3.8, 4) is 5.75 Å². The van der Waals surface area contributed by atoms with Gasteiger partial charge in [0.15, 0.2) is 5.75 Å². The number of rotatable bonds is 5. The molecule has 1 saturated carbocycles. The zero-order chi connectivity index (χ0) is 10.7. The number of anilines is 1. The van der Waals surface area contributed by atoms with E-state index in [1.807, 2.05) is 13.0 Å². The molecule has 2 rings (SSSR count). The topological polar surface area (TPSA) is 34.1 Å². The van der Waals surface area contributed by atoms with Crippen LogP contribution in [-0.4, -0.2) is 18.6 Å². The predicted molar refractivity (Wildman–Crippen MR) is 61.4 cm³/mol. The summed E-state index contributed by atoms with van der Waals surface area (Å²) in [5.41, 5.74) is 2.08. The first-order chi connectivity index (χ1) is 7.29. The normalized spacial score (nSPS) is 15.1. The summed E-state index contributed by atoms with van der Waals surface area (Å²) in [6, 6.07) is 2.03. The minimum Gasteiger partial charge on any atom is -0.493 e. The van der Waals surface area contributed by atoms with Crippen molar-refractivity contribution < 1.29 is 4.74 Å². The Bertz CT molecular complexity index is 334. The van der Waals surface area contributed by atoms with Crippen LogP contribution >= 0.6 is 0 Å². The van der Waals surface area contributed by atoms with E-state index in [0.29, 0.717) is 0 Å². The number of hydrogen-bond acceptors (Lipinski definition) is 3. The first-order valence-electron chi connectivity index (χ1n) is 5.54. The van der Waals surface area contributed by atoms with Crippen LogP contribution < -0.4 is 10.1 Å². The number of methoxy groups -OCH3 is 1. The molecule has 0 aliphatic heterocycles. The second-order valence-corrected chi connectivity index (χ2v) is 4.18. The highest BCUT2D eigenvalue weighted by molar-refractivity contribution is 5.55. The molecule has 3 heteroatoms. The van der Waals surface area contributed by atoms with E-state index in [4.69, 9.17) is 4.74 Å². The summed E-state index contributed by atoms with van der Waals surface area (Å²) in [7, 11) is 1.68. The second-order valence-electron chi connectivity index (χ2n) is 4.18. The van der Waals surface area contributed by atoms with Crippen LogP contribution in [-0.2, 0) is 0 Å². The summed E-state index contributed by atoms with van der Waals surface area (Å²) in [5, 5.41) is 3.41. The molecule has 1 fully saturated rings. The third-order valence-corrected chi connectivity index (χ3v) is 2.79. The molecule has 0 spiro atoms. The van der Waals surface area contributed by atoms with Gasteiger partial charge in [-0.05, 0) is 25.3 Å². The fraction of sp³-hybridized carbons (Fsp3) is 0.583. The molecule has 0 atom stereocenters. The molecule has 0 radical (unpaired) electrons. The van der Waals surface area contributed by atoms with Gasteiger partial charge in [-0.2, -0.15) is 0 Å². The van der Waals surface area contributed by atoms with E-state index in [0.717, 1.165) is 29.6 Å². The van der Waals surface area contributed by atoms with E-state index in [1.54, 1.807) is 13.3 Å². The molecular formula is C12H18N2O. The molecule has 3 nitrogen and oxygen atoms in total. The third-order valence-electron chi connectivity index (χ3n) is 2.79. The molecule has 1 aromatic heterocycles. The van der Waals surface area contributed by atoms with Gasteiger partial charge in [-0.25, -0.2) is 0 Å². The van der Waals surface area contributed by atoms with Crippen LogP contribution in [0.15, 0.2) is 12.3 Å². The van der Waals surface area contributed by atoms with Crippen molar-refractivity contribution in [2.45, 2.75) is 26.2 Å². The van der Waals surface area contributed by atoms with Gasteiger partial charge in [-0.3, -0.25) is 4.98 Å². The van der Waals surface area contributed by atoms with Crippen LogP contribution in [0.1, 0.15) is 25.0 Å². The molecule has 0 bridgehead atoms. The Morgan fingerprint density at radius 3 is 3.00 bits per heavy atom. The monoisotopic (exact) mass is 206 g/mol. The van der Waals surface area contributed by atoms with Gasteiger partial charge < -0.3 is 10.1 Å². The Morgan fingerprint density at radius 1 is 1.53 bits per heavy atom. The quantitative estimate of drug-likeness (QED) is 0.804. The minimum absolute atomic E-state index is 0.830. The molecule has 82 valence electrons. The number of pyridine rings is 1. The van der Waals surface area contributed by atoms with Crippen molar-refractivity contribution in [1.82, 2.24) is 4.98 Å². The van der Waals surface area contributed by atoms with Gasteiger partial charge >= 0.3 is 0 Å². The smallest absolute Gasteiger partial charge is 0.160 e. The molecule has 1 aromatic rings. The zero-order valence-corrected chi connectivity index (χ0v) is 9.42. The van der Waals surface area contributed by atoms with E-state index in [9.17, 15) is 0 Å². The van der Waals surface area contributed by atoms with E-state index < -0.39 is 0 Å². The number of hydrogen-bond donors (Lipinski definition) is 1. The average molecular weight is 206 g/mol. The molecule has 1 aliphatic rings. The maximum absolute atomic E-state index is 5.25. The van der Waals surface area contributed by atoms with Crippen molar-refractivity contribution in [2.24, 2.45) is 5.92 Å². The van der Waals surface area contributed by atoms with Gasteiger partial charge in [0.05, 0.1) is 19.0 Å². The van der Waals surface area contributed by atoms with Crippen molar-refractivity contribution in [1.29, 1.82) is 0 Å². The molecular weight excluding hydrogens is 188 g/mol. The fourth-order valence-corrected chi connectivity index (χ4v) is 1.67. The van der Waals surface area contributed by atoms with Crippen LogP contribution in [0, 0.1) is 12.8 Å². The maximum atomic E-state index is 5.25. The number of nitrogens with one attached hydrogen (secondary N) is 1. The fourth-order valence-electron chi connectivity index (χ4n) is 1.67. The first kappa shape index (κ1) is 10.3. The highest BCUT2D eigenvalue weighted by Gasteiger charge is 2.20. The highest BCUT2D eigenvalue weighted by Crippen LogP contribution is 2.32. The van der Waals surface area contributed by atoms with Crippen LogP contribution in [0.2, 0.25) is 0 Å². The Morgan fingerprint density at radius 2 is 2.33 bits per heavy atom. The summed E-state index contributed by atoms with van der Waals surface area (Å²) < 4.78 is 5.25. The Hall–Kier alpha value is -1.25. The molecule has 1 aliphatic carbocycles. The summed E-state index contributed by atoms with van der Waals surface area (Å²) in [4.78, 5) is 4.20. The molecule has 15 heavy (non-hydrogen) atoms. The standard InChI is InChI=1S/C12H18N2O/c1-9-7-11(12(15-2)8-14-9)13-6-5-10-3-4-10/h7-8,10H,3-6H2,1-2H3,(H,13,14). The summed E-state index contributed by atoms with van der Waals surface area (Å²) >= 11 is 0. The lowest BCUT2D eigenvalue weighted by Crippen LogP contribution is -2.04. The lowest BCUT2D eigenvalue weighted by Gasteiger charge is -2.10. The first-order valence-corrected chi connectivity index (χ1v) is 5.54. The zero-order valence-electron chi connectivity index (χ0n) is 9.42. The number of nitrogens with zero attached hydrogens (tertiary/aromatic N) is 1. The Labute approximate surface area is 90.9 Å². The Balaban J connectivity index is 1.94. The van der Waals surface area contributed by atoms with Crippen LogP contribution in [0.3, 0.4) is 0 Å². The maximum Gasteiger partial charge on any atom is 0.160 e. The molecule has 1 N–H and O–H groups in total. The van der Waals surface area contributed by atoms with Gasteiger partial charge in [-0.15, -0.1) is 0 Å². The van der Waals surface area contributed by atoms with Gasteiger partial charge in [-0.1, -0.05) is 12.8 Å². The lowest BCUT2D eigenvalue weighted by molar-refractivity contribution is 0.414. The molecule has 0 unspecified atom stereocenters. The largest absolute Gasteiger partial charge is 0.493 e.